The van der Waals surface area contributed by atoms with E-state index in [2.05, 4.69) is 40.3 Å². The van der Waals surface area contributed by atoms with E-state index in [4.69, 9.17) is 0 Å². The Labute approximate surface area is 170 Å². The molecule has 4 rings (SSSR count). The van der Waals surface area contributed by atoms with Gasteiger partial charge in [0.05, 0.1) is 0 Å². The SMILES string of the molecule is O=C(c1ccncc1)N(Cc1cccnc1)Cc1cccc(-c2ccccc2)c1. The second-order valence-corrected chi connectivity index (χ2v) is 6.82. The Morgan fingerprint density at radius 1 is 0.690 bits per heavy atom. The van der Waals surface area contributed by atoms with Gasteiger partial charge < -0.3 is 4.90 Å². The molecule has 2 aromatic heterocycles. The van der Waals surface area contributed by atoms with Crippen molar-refractivity contribution < 1.29 is 4.79 Å². The molecule has 0 aliphatic rings. The number of amides is 1. The molecule has 0 atom stereocenters. The lowest BCUT2D eigenvalue weighted by atomic mass is 10.0. The van der Waals surface area contributed by atoms with Crippen LogP contribution < -0.4 is 0 Å². The molecule has 0 bridgehead atoms. The molecule has 0 aliphatic carbocycles. The van der Waals surface area contributed by atoms with E-state index in [1.54, 1.807) is 36.9 Å². The maximum atomic E-state index is 13.2. The minimum absolute atomic E-state index is 0.0265. The zero-order chi connectivity index (χ0) is 19.9. The zero-order valence-corrected chi connectivity index (χ0v) is 16.0. The highest BCUT2D eigenvalue weighted by atomic mass is 16.2. The van der Waals surface area contributed by atoms with E-state index in [-0.39, 0.29) is 5.91 Å². The van der Waals surface area contributed by atoms with Crippen LogP contribution in [0.3, 0.4) is 0 Å². The number of hydrogen-bond acceptors (Lipinski definition) is 3. The molecule has 2 heterocycles. The molecular weight excluding hydrogens is 358 g/mol. The number of hydrogen-bond donors (Lipinski definition) is 0. The van der Waals surface area contributed by atoms with Crippen molar-refractivity contribution in [1.29, 1.82) is 0 Å². The molecule has 0 saturated heterocycles. The Morgan fingerprint density at radius 3 is 2.17 bits per heavy atom. The van der Waals surface area contributed by atoms with Gasteiger partial charge in [0.25, 0.3) is 5.91 Å². The minimum Gasteiger partial charge on any atom is -0.330 e. The summed E-state index contributed by atoms with van der Waals surface area (Å²) in [6.45, 7) is 1.00. The topological polar surface area (TPSA) is 46.1 Å². The van der Waals surface area contributed by atoms with Crippen molar-refractivity contribution in [3.8, 4) is 11.1 Å². The molecule has 1 amide bonds. The van der Waals surface area contributed by atoms with E-state index in [0.717, 1.165) is 22.3 Å². The second kappa shape index (κ2) is 8.93. The smallest absolute Gasteiger partial charge is 0.254 e. The molecule has 4 nitrogen and oxygen atoms in total. The summed E-state index contributed by atoms with van der Waals surface area (Å²) in [4.78, 5) is 23.2. The highest BCUT2D eigenvalue weighted by Crippen LogP contribution is 2.22. The average Bonchev–Trinajstić information content (AvgIpc) is 2.80. The van der Waals surface area contributed by atoms with Gasteiger partial charge in [0.2, 0.25) is 0 Å². The Hall–Kier alpha value is -3.79. The molecule has 2 aromatic carbocycles. The van der Waals surface area contributed by atoms with Crippen molar-refractivity contribution >= 4 is 5.91 Å². The third kappa shape index (κ3) is 4.74. The van der Waals surface area contributed by atoms with Gasteiger partial charge in [-0.05, 0) is 46.5 Å². The van der Waals surface area contributed by atoms with Gasteiger partial charge in [0.15, 0.2) is 0 Å². The van der Waals surface area contributed by atoms with Crippen LogP contribution in [0.2, 0.25) is 0 Å². The van der Waals surface area contributed by atoms with E-state index in [0.29, 0.717) is 18.7 Å². The Balaban J connectivity index is 1.62. The quantitative estimate of drug-likeness (QED) is 0.474. The van der Waals surface area contributed by atoms with Crippen LogP contribution in [0.5, 0.6) is 0 Å². The maximum absolute atomic E-state index is 13.2. The lowest BCUT2D eigenvalue weighted by molar-refractivity contribution is 0.0730. The van der Waals surface area contributed by atoms with Gasteiger partial charge in [-0.15, -0.1) is 0 Å². The van der Waals surface area contributed by atoms with Crippen molar-refractivity contribution in [2.45, 2.75) is 13.1 Å². The number of rotatable bonds is 6. The summed E-state index contributed by atoms with van der Waals surface area (Å²) in [5.74, 6) is -0.0265. The van der Waals surface area contributed by atoms with Crippen molar-refractivity contribution in [2.75, 3.05) is 0 Å². The van der Waals surface area contributed by atoms with Gasteiger partial charge in [0, 0.05) is 43.4 Å². The third-order valence-corrected chi connectivity index (χ3v) is 4.72. The highest BCUT2D eigenvalue weighted by Gasteiger charge is 2.17. The van der Waals surface area contributed by atoms with E-state index < -0.39 is 0 Å². The van der Waals surface area contributed by atoms with Crippen molar-refractivity contribution in [2.24, 2.45) is 0 Å². The monoisotopic (exact) mass is 379 g/mol. The summed E-state index contributed by atoms with van der Waals surface area (Å²) in [5.41, 5.74) is 5.00. The fourth-order valence-electron chi connectivity index (χ4n) is 3.29. The number of aromatic nitrogens is 2. The molecule has 0 fully saturated rings. The van der Waals surface area contributed by atoms with E-state index in [1.165, 1.54) is 0 Å². The van der Waals surface area contributed by atoms with E-state index >= 15 is 0 Å². The molecule has 0 N–H and O–H groups in total. The third-order valence-electron chi connectivity index (χ3n) is 4.72. The van der Waals surface area contributed by atoms with Gasteiger partial charge in [-0.2, -0.15) is 0 Å². The summed E-state index contributed by atoms with van der Waals surface area (Å²) in [6, 6.07) is 26.0. The molecule has 4 heteroatoms. The number of pyridine rings is 2. The molecule has 0 radical (unpaired) electrons. The highest BCUT2D eigenvalue weighted by molar-refractivity contribution is 5.94. The number of nitrogens with zero attached hydrogens (tertiary/aromatic N) is 3. The number of benzene rings is 2. The second-order valence-electron chi connectivity index (χ2n) is 6.82. The van der Waals surface area contributed by atoms with Crippen LogP contribution in [0.25, 0.3) is 11.1 Å². The summed E-state index contributed by atoms with van der Waals surface area (Å²) in [6.07, 6.45) is 6.83. The normalized spacial score (nSPS) is 10.5. The Bertz CT molecular complexity index is 1070. The van der Waals surface area contributed by atoms with Crippen LogP contribution in [0.1, 0.15) is 21.5 Å². The van der Waals surface area contributed by atoms with Crippen LogP contribution >= 0.6 is 0 Å². The molecule has 0 aliphatic heterocycles. The first-order valence-corrected chi connectivity index (χ1v) is 9.52. The van der Waals surface area contributed by atoms with Crippen molar-refractivity contribution in [3.63, 3.8) is 0 Å². The van der Waals surface area contributed by atoms with Crippen molar-refractivity contribution in [1.82, 2.24) is 14.9 Å². The first kappa shape index (κ1) is 18.6. The summed E-state index contributed by atoms with van der Waals surface area (Å²) >= 11 is 0. The first-order chi connectivity index (χ1) is 14.3. The molecule has 4 aromatic rings. The van der Waals surface area contributed by atoms with Crippen LogP contribution in [-0.4, -0.2) is 20.8 Å². The summed E-state index contributed by atoms with van der Waals surface area (Å²) in [5, 5.41) is 0. The lowest BCUT2D eigenvalue weighted by Gasteiger charge is -2.23. The molecular formula is C25H21N3O. The van der Waals surface area contributed by atoms with Crippen LogP contribution in [-0.2, 0) is 13.1 Å². The predicted octanol–water partition coefficient (Wildman–Crippen LogP) is 4.99. The average molecular weight is 379 g/mol. The first-order valence-electron chi connectivity index (χ1n) is 9.52. The van der Waals surface area contributed by atoms with Gasteiger partial charge in [0.1, 0.15) is 0 Å². The fraction of sp³-hybridized carbons (Fsp3) is 0.0800. The summed E-state index contributed by atoms with van der Waals surface area (Å²) in [7, 11) is 0. The van der Waals surface area contributed by atoms with Crippen LogP contribution in [0.4, 0.5) is 0 Å². The van der Waals surface area contributed by atoms with E-state index in [9.17, 15) is 4.79 Å². The summed E-state index contributed by atoms with van der Waals surface area (Å²) < 4.78 is 0. The van der Waals surface area contributed by atoms with E-state index in [1.807, 2.05) is 41.3 Å². The molecule has 29 heavy (non-hydrogen) atoms. The molecule has 0 spiro atoms. The maximum Gasteiger partial charge on any atom is 0.254 e. The van der Waals surface area contributed by atoms with Crippen LogP contribution in [0, 0.1) is 0 Å². The molecule has 0 saturated carbocycles. The number of carbonyl (C=O) groups is 1. The Kier molecular flexibility index (Phi) is 5.72. The number of carbonyl (C=O) groups excluding carboxylic acids is 1. The fourth-order valence-corrected chi connectivity index (χ4v) is 3.29. The van der Waals surface area contributed by atoms with Crippen molar-refractivity contribution in [3.05, 3.63) is 120 Å². The van der Waals surface area contributed by atoms with Gasteiger partial charge in [-0.3, -0.25) is 14.8 Å². The van der Waals surface area contributed by atoms with Gasteiger partial charge in [-0.1, -0.05) is 54.6 Å². The lowest BCUT2D eigenvalue weighted by Crippen LogP contribution is -2.30. The zero-order valence-electron chi connectivity index (χ0n) is 16.0. The molecule has 0 unspecified atom stereocenters. The van der Waals surface area contributed by atoms with Crippen LogP contribution in [0.15, 0.2) is 104 Å². The van der Waals surface area contributed by atoms with Gasteiger partial charge in [-0.25, -0.2) is 0 Å². The minimum atomic E-state index is -0.0265. The Morgan fingerprint density at radius 2 is 1.41 bits per heavy atom. The standard InChI is InChI=1S/C25H21N3O/c29-25(23-11-14-26-15-12-23)28(19-21-7-5-13-27-17-21)18-20-6-4-10-24(16-20)22-8-2-1-3-9-22/h1-17H,18-19H2. The molecule has 142 valence electrons. The predicted molar refractivity (Wildman–Crippen MR) is 114 cm³/mol. The largest absolute Gasteiger partial charge is 0.330 e. The van der Waals surface area contributed by atoms with Gasteiger partial charge >= 0.3 is 0 Å².